The minimum Gasteiger partial charge on any atom is -0.494 e. The fraction of sp³-hybridized carbons (Fsp3) is 0.185. The van der Waals surface area contributed by atoms with Crippen LogP contribution in [0.2, 0.25) is 0 Å². The minimum absolute atomic E-state index is 0.0203. The lowest BCUT2D eigenvalue weighted by Gasteiger charge is -2.32. The molecule has 2 aromatic carbocycles. The van der Waals surface area contributed by atoms with E-state index in [0.717, 1.165) is 40.0 Å². The minimum atomic E-state index is -0.0251. The molecule has 4 aromatic rings. The number of hydrogen-bond acceptors (Lipinski definition) is 6. The van der Waals surface area contributed by atoms with Crippen LogP contribution < -0.4 is 15.3 Å². The number of rotatable bonds is 4. The van der Waals surface area contributed by atoms with Gasteiger partial charge in [0.2, 0.25) is 0 Å². The summed E-state index contributed by atoms with van der Waals surface area (Å²) in [7, 11) is 0. The number of hydrogen-bond donors (Lipinski definition) is 2. The molecule has 1 fully saturated rings. The number of aromatic hydroxyl groups is 1. The van der Waals surface area contributed by atoms with Gasteiger partial charge in [-0.2, -0.15) is 0 Å². The highest BCUT2D eigenvalue weighted by molar-refractivity contribution is 5.96. The van der Waals surface area contributed by atoms with Crippen molar-refractivity contribution in [1.82, 2.24) is 14.9 Å². The van der Waals surface area contributed by atoms with Crippen molar-refractivity contribution in [2.24, 2.45) is 9.98 Å². The van der Waals surface area contributed by atoms with E-state index in [-0.39, 0.29) is 17.9 Å². The summed E-state index contributed by atoms with van der Waals surface area (Å²) in [5.41, 5.74) is 2.92. The third kappa shape index (κ3) is 4.03. The second-order valence-corrected chi connectivity index (χ2v) is 8.68. The number of piperidine rings is 1. The number of aliphatic imine (C=N–C) groups is 1. The number of benzene rings is 2. The zero-order valence-corrected chi connectivity index (χ0v) is 18.9. The molecule has 6 rings (SSSR count). The van der Waals surface area contributed by atoms with E-state index in [2.05, 4.69) is 20.0 Å². The first-order valence-electron chi connectivity index (χ1n) is 11.6. The van der Waals surface area contributed by atoms with Gasteiger partial charge in [-0.15, -0.1) is 0 Å². The third-order valence-electron chi connectivity index (χ3n) is 6.46. The van der Waals surface area contributed by atoms with Crippen LogP contribution in [0, 0.1) is 0 Å². The highest BCUT2D eigenvalue weighted by atomic mass is 16.5. The van der Waals surface area contributed by atoms with Gasteiger partial charge in [-0.25, -0.2) is 9.98 Å². The second-order valence-electron chi connectivity index (χ2n) is 8.68. The summed E-state index contributed by atoms with van der Waals surface area (Å²) in [6.07, 6.45) is 8.17. The van der Waals surface area contributed by atoms with Gasteiger partial charge in [0.15, 0.2) is 5.88 Å². The first kappa shape index (κ1) is 21.1. The van der Waals surface area contributed by atoms with E-state index in [1.54, 1.807) is 30.9 Å². The largest absolute Gasteiger partial charge is 0.494 e. The van der Waals surface area contributed by atoms with Crippen molar-refractivity contribution in [2.45, 2.75) is 18.9 Å². The molecule has 2 aromatic heterocycles. The number of ether oxygens (including phenoxy) is 1. The van der Waals surface area contributed by atoms with Crippen LogP contribution in [0.1, 0.15) is 28.8 Å². The highest BCUT2D eigenvalue weighted by Gasteiger charge is 2.25. The topological polar surface area (TPSA) is 103 Å². The molecule has 2 aliphatic heterocycles. The number of pyridine rings is 1. The lowest BCUT2D eigenvalue weighted by Crippen LogP contribution is -2.41. The van der Waals surface area contributed by atoms with Gasteiger partial charge in [0.05, 0.1) is 21.9 Å². The summed E-state index contributed by atoms with van der Waals surface area (Å²) in [6, 6.07) is 15.0. The molecule has 35 heavy (non-hydrogen) atoms. The van der Waals surface area contributed by atoms with E-state index in [1.807, 2.05) is 47.4 Å². The number of nitrogens with zero attached hydrogens (tertiary/aromatic N) is 4. The van der Waals surface area contributed by atoms with Crippen LogP contribution in [0.3, 0.4) is 0 Å². The Morgan fingerprint density at radius 1 is 1.11 bits per heavy atom. The lowest BCUT2D eigenvalue weighted by molar-refractivity contribution is 0.0598. The van der Waals surface area contributed by atoms with Gasteiger partial charge >= 0.3 is 0 Å². The Bertz CT molecular complexity index is 1570. The number of amides is 1. The fourth-order valence-corrected chi connectivity index (χ4v) is 4.66. The molecule has 1 amide bonds. The van der Waals surface area contributed by atoms with Crippen molar-refractivity contribution in [3.63, 3.8) is 0 Å². The molecule has 2 N–H and O–H groups in total. The number of nitrogens with one attached hydrogen (secondary N) is 1. The van der Waals surface area contributed by atoms with Crippen LogP contribution in [0.15, 0.2) is 70.9 Å². The predicted molar refractivity (Wildman–Crippen MR) is 133 cm³/mol. The predicted octanol–water partition coefficient (Wildman–Crippen LogP) is 3.07. The van der Waals surface area contributed by atoms with Crippen molar-refractivity contribution >= 4 is 34.9 Å². The lowest BCUT2D eigenvalue weighted by atomic mass is 10.1. The molecule has 0 spiro atoms. The summed E-state index contributed by atoms with van der Waals surface area (Å²) in [4.78, 5) is 30.1. The molecule has 0 bridgehead atoms. The highest BCUT2D eigenvalue weighted by Crippen LogP contribution is 2.36. The SMILES string of the molecule is O=C(c1ccncc1)N1CCC(Oc2cccc3[nH]c(O)c(C=c4ccc5c(c4)N=CN=5)c23)CC1. The molecular formula is C27H23N5O3. The number of aromatic nitrogens is 2. The molecule has 1 saturated heterocycles. The molecule has 8 nitrogen and oxygen atoms in total. The first-order valence-corrected chi connectivity index (χ1v) is 11.6. The molecule has 0 unspecified atom stereocenters. The fourth-order valence-electron chi connectivity index (χ4n) is 4.66. The van der Waals surface area contributed by atoms with Crippen molar-refractivity contribution < 1.29 is 14.6 Å². The van der Waals surface area contributed by atoms with E-state index < -0.39 is 0 Å². The van der Waals surface area contributed by atoms with Crippen LogP contribution in [-0.2, 0) is 0 Å². The molecule has 4 heterocycles. The number of likely N-dealkylation sites (tertiary alicyclic amines) is 1. The van der Waals surface area contributed by atoms with Gasteiger partial charge in [0.25, 0.3) is 5.91 Å². The summed E-state index contributed by atoms with van der Waals surface area (Å²) in [6.45, 7) is 1.25. The van der Waals surface area contributed by atoms with E-state index in [1.165, 1.54) is 0 Å². The second kappa shape index (κ2) is 8.72. The molecule has 0 atom stereocenters. The van der Waals surface area contributed by atoms with Gasteiger partial charge in [0, 0.05) is 49.5 Å². The molecule has 2 aliphatic rings. The van der Waals surface area contributed by atoms with Gasteiger partial charge in [-0.1, -0.05) is 12.1 Å². The van der Waals surface area contributed by atoms with Crippen molar-refractivity contribution in [1.29, 1.82) is 0 Å². The average Bonchev–Trinajstić information content (AvgIpc) is 3.49. The molecular weight excluding hydrogens is 442 g/mol. The maximum atomic E-state index is 12.7. The van der Waals surface area contributed by atoms with Crippen LogP contribution in [-0.4, -0.2) is 51.4 Å². The van der Waals surface area contributed by atoms with E-state index in [9.17, 15) is 9.90 Å². The van der Waals surface area contributed by atoms with Crippen LogP contribution in [0.4, 0.5) is 5.69 Å². The van der Waals surface area contributed by atoms with Gasteiger partial charge in [-0.05, 0) is 47.7 Å². The number of carbonyl (C=O) groups is 1. The standard InChI is InChI=1S/C27H23N5O3/c33-26-20(14-17-4-5-21-23(15-17)30-16-29-21)25-22(31-26)2-1-3-24(25)35-19-8-12-32(13-9-19)27(34)18-6-10-28-11-7-18/h1-7,10-11,14-16,19,31,33H,8-9,12-13H2. The number of fused-ring (bicyclic) bond motifs is 2. The Hall–Kier alpha value is -4.46. The van der Waals surface area contributed by atoms with Crippen LogP contribution in [0.5, 0.6) is 11.6 Å². The molecule has 174 valence electrons. The molecule has 8 heteroatoms. The zero-order chi connectivity index (χ0) is 23.8. The quantitative estimate of drug-likeness (QED) is 0.483. The molecule has 0 saturated carbocycles. The van der Waals surface area contributed by atoms with Crippen molar-refractivity contribution in [3.05, 3.63) is 82.6 Å². The van der Waals surface area contributed by atoms with Crippen LogP contribution in [0.25, 0.3) is 17.0 Å². The first-order chi connectivity index (χ1) is 17.2. The van der Waals surface area contributed by atoms with E-state index in [4.69, 9.17) is 4.74 Å². The summed E-state index contributed by atoms with van der Waals surface area (Å²) < 4.78 is 6.43. The Balaban J connectivity index is 1.25. The Kier molecular flexibility index (Phi) is 5.25. The average molecular weight is 466 g/mol. The summed E-state index contributed by atoms with van der Waals surface area (Å²) in [5, 5.41) is 13.3. The van der Waals surface area contributed by atoms with E-state index >= 15 is 0 Å². The Morgan fingerprint density at radius 3 is 2.77 bits per heavy atom. The number of carbonyl (C=O) groups excluding carboxylic acids is 1. The maximum absolute atomic E-state index is 12.7. The summed E-state index contributed by atoms with van der Waals surface area (Å²) >= 11 is 0. The maximum Gasteiger partial charge on any atom is 0.253 e. The van der Waals surface area contributed by atoms with Gasteiger partial charge in [0.1, 0.15) is 18.2 Å². The third-order valence-corrected chi connectivity index (χ3v) is 6.46. The summed E-state index contributed by atoms with van der Waals surface area (Å²) in [5.74, 6) is 0.813. The van der Waals surface area contributed by atoms with Crippen LogP contribution >= 0.6 is 0 Å². The van der Waals surface area contributed by atoms with Crippen molar-refractivity contribution in [2.75, 3.05) is 13.1 Å². The monoisotopic (exact) mass is 465 g/mol. The normalized spacial score (nSPS) is 15.9. The van der Waals surface area contributed by atoms with E-state index in [0.29, 0.717) is 30.0 Å². The Labute approximate surface area is 200 Å². The zero-order valence-electron chi connectivity index (χ0n) is 18.9. The smallest absolute Gasteiger partial charge is 0.253 e. The molecule has 0 radical (unpaired) electrons. The number of aromatic amines is 1. The van der Waals surface area contributed by atoms with Gasteiger partial charge in [-0.3, -0.25) is 9.78 Å². The molecule has 0 aliphatic carbocycles. The van der Waals surface area contributed by atoms with Crippen molar-refractivity contribution in [3.8, 4) is 11.6 Å². The Morgan fingerprint density at radius 2 is 1.94 bits per heavy atom. The van der Waals surface area contributed by atoms with Gasteiger partial charge < -0.3 is 19.7 Å². The number of H-pyrrole nitrogens is 1.